The highest BCUT2D eigenvalue weighted by Crippen LogP contribution is 2.31. The molecule has 1 aliphatic heterocycles. The average molecular weight is 311 g/mol. The van der Waals surface area contributed by atoms with Crippen molar-refractivity contribution in [2.24, 2.45) is 0 Å². The van der Waals surface area contributed by atoms with E-state index in [1.807, 2.05) is 33.8 Å². The fraction of sp³-hybridized carbons (Fsp3) is 0.625. The molecule has 4 nitrogen and oxygen atoms in total. The SMILES string of the molecule is CCOc1cc(C)c(S(=O)(=O)N2CCCCC2C)cc1C. The molecule has 0 aromatic heterocycles. The summed E-state index contributed by atoms with van der Waals surface area (Å²) < 4.78 is 33.0. The van der Waals surface area contributed by atoms with Gasteiger partial charge in [0.2, 0.25) is 10.0 Å². The molecule has 0 amide bonds. The van der Waals surface area contributed by atoms with Gasteiger partial charge in [-0.3, -0.25) is 0 Å². The summed E-state index contributed by atoms with van der Waals surface area (Å²) in [5, 5.41) is 0. The minimum Gasteiger partial charge on any atom is -0.494 e. The summed E-state index contributed by atoms with van der Waals surface area (Å²) in [5.41, 5.74) is 1.62. The van der Waals surface area contributed by atoms with Crippen LogP contribution in [0.25, 0.3) is 0 Å². The van der Waals surface area contributed by atoms with E-state index in [2.05, 4.69) is 0 Å². The van der Waals surface area contributed by atoms with Crippen molar-refractivity contribution >= 4 is 10.0 Å². The van der Waals surface area contributed by atoms with Gasteiger partial charge in [0.25, 0.3) is 0 Å². The number of hydrogen-bond acceptors (Lipinski definition) is 3. The molecule has 0 spiro atoms. The van der Waals surface area contributed by atoms with Gasteiger partial charge in [0.05, 0.1) is 11.5 Å². The predicted molar refractivity (Wildman–Crippen MR) is 84.3 cm³/mol. The normalized spacial score (nSPS) is 20.5. The lowest BCUT2D eigenvalue weighted by molar-refractivity contribution is 0.268. The summed E-state index contributed by atoms with van der Waals surface area (Å²) in [6, 6.07) is 3.66. The van der Waals surface area contributed by atoms with Gasteiger partial charge in [-0.1, -0.05) is 6.42 Å². The summed E-state index contributed by atoms with van der Waals surface area (Å²) in [5.74, 6) is 0.764. The number of hydrogen-bond donors (Lipinski definition) is 0. The van der Waals surface area contributed by atoms with Crippen LogP contribution in [0.3, 0.4) is 0 Å². The Morgan fingerprint density at radius 3 is 2.57 bits per heavy atom. The van der Waals surface area contributed by atoms with Crippen LogP contribution in [-0.2, 0) is 10.0 Å². The van der Waals surface area contributed by atoms with Crippen LogP contribution in [-0.4, -0.2) is 31.9 Å². The van der Waals surface area contributed by atoms with Gasteiger partial charge >= 0.3 is 0 Å². The van der Waals surface area contributed by atoms with Gasteiger partial charge < -0.3 is 4.74 Å². The molecule has 1 aromatic rings. The van der Waals surface area contributed by atoms with E-state index in [0.29, 0.717) is 18.0 Å². The Bertz CT molecular complexity index is 610. The molecule has 1 aromatic carbocycles. The van der Waals surface area contributed by atoms with Crippen LogP contribution in [0.1, 0.15) is 44.2 Å². The van der Waals surface area contributed by atoms with E-state index in [1.54, 1.807) is 10.4 Å². The summed E-state index contributed by atoms with van der Waals surface area (Å²) in [4.78, 5) is 0.414. The zero-order valence-corrected chi connectivity index (χ0v) is 14.2. The van der Waals surface area contributed by atoms with E-state index in [1.165, 1.54) is 0 Å². The number of aryl methyl sites for hydroxylation is 2. The quantitative estimate of drug-likeness (QED) is 0.857. The molecule has 1 unspecified atom stereocenters. The Balaban J connectivity index is 2.42. The number of rotatable bonds is 4. The number of piperidine rings is 1. The lowest BCUT2D eigenvalue weighted by atomic mass is 10.1. The highest BCUT2D eigenvalue weighted by atomic mass is 32.2. The highest BCUT2D eigenvalue weighted by molar-refractivity contribution is 7.89. The molecule has 0 saturated carbocycles. The standard InChI is InChI=1S/C16H25NO3S/c1-5-20-15-10-13(3)16(11-12(15)2)21(18,19)17-9-7-6-8-14(17)4/h10-11,14H,5-9H2,1-4H3. The number of nitrogens with zero attached hydrogens (tertiary/aromatic N) is 1. The van der Waals surface area contributed by atoms with Gasteiger partial charge in [-0.2, -0.15) is 4.31 Å². The lowest BCUT2D eigenvalue weighted by Crippen LogP contribution is -2.42. The van der Waals surface area contributed by atoms with Gasteiger partial charge in [-0.05, 0) is 63.8 Å². The van der Waals surface area contributed by atoms with Crippen LogP contribution in [0, 0.1) is 13.8 Å². The van der Waals surface area contributed by atoms with Crippen LogP contribution >= 0.6 is 0 Å². The topological polar surface area (TPSA) is 46.6 Å². The third-order valence-electron chi connectivity index (χ3n) is 4.10. The molecule has 5 heteroatoms. The molecule has 0 aliphatic carbocycles. The van der Waals surface area contributed by atoms with Crippen molar-refractivity contribution in [1.29, 1.82) is 0 Å². The first-order valence-corrected chi connectivity index (χ1v) is 9.07. The van der Waals surface area contributed by atoms with Gasteiger partial charge in [-0.15, -0.1) is 0 Å². The predicted octanol–water partition coefficient (Wildman–Crippen LogP) is 3.27. The number of sulfonamides is 1. The maximum absolute atomic E-state index is 12.9. The molecule has 0 N–H and O–H groups in total. The van der Waals surface area contributed by atoms with Gasteiger partial charge in [-0.25, -0.2) is 8.42 Å². The third-order valence-corrected chi connectivity index (χ3v) is 6.26. The summed E-state index contributed by atoms with van der Waals surface area (Å²) in [6.07, 6.45) is 2.99. The Labute approximate surface area is 128 Å². The van der Waals surface area contributed by atoms with Crippen LogP contribution in [0.5, 0.6) is 5.75 Å². The molecule has 1 fully saturated rings. The van der Waals surface area contributed by atoms with Crippen molar-refractivity contribution in [1.82, 2.24) is 4.31 Å². The van der Waals surface area contributed by atoms with E-state index < -0.39 is 10.0 Å². The van der Waals surface area contributed by atoms with Crippen molar-refractivity contribution < 1.29 is 13.2 Å². The van der Waals surface area contributed by atoms with Gasteiger partial charge in [0.1, 0.15) is 5.75 Å². The fourth-order valence-corrected chi connectivity index (χ4v) is 4.90. The van der Waals surface area contributed by atoms with E-state index in [9.17, 15) is 8.42 Å². The molecule has 118 valence electrons. The molecule has 1 saturated heterocycles. The van der Waals surface area contributed by atoms with Crippen molar-refractivity contribution in [3.8, 4) is 5.75 Å². The van der Waals surface area contributed by atoms with Crippen molar-refractivity contribution in [2.45, 2.75) is 57.9 Å². The molecule has 0 radical (unpaired) electrons. The molecule has 21 heavy (non-hydrogen) atoms. The number of benzene rings is 1. The molecule has 1 heterocycles. The molecule has 2 rings (SSSR count). The largest absolute Gasteiger partial charge is 0.494 e. The Morgan fingerprint density at radius 1 is 1.24 bits per heavy atom. The first kappa shape index (κ1) is 16.3. The number of ether oxygens (including phenoxy) is 1. The zero-order valence-electron chi connectivity index (χ0n) is 13.3. The minimum atomic E-state index is -3.42. The second kappa shape index (κ2) is 6.36. The smallest absolute Gasteiger partial charge is 0.243 e. The fourth-order valence-electron chi connectivity index (χ4n) is 2.91. The van der Waals surface area contributed by atoms with Crippen LogP contribution in [0.2, 0.25) is 0 Å². The van der Waals surface area contributed by atoms with E-state index in [-0.39, 0.29) is 6.04 Å². The van der Waals surface area contributed by atoms with Crippen LogP contribution in [0.15, 0.2) is 17.0 Å². The molecule has 1 aliphatic rings. The molecular formula is C16H25NO3S. The van der Waals surface area contributed by atoms with Crippen molar-refractivity contribution in [3.05, 3.63) is 23.3 Å². The third kappa shape index (κ3) is 3.24. The summed E-state index contributed by atoms with van der Waals surface area (Å²) in [6.45, 7) is 8.85. The Morgan fingerprint density at radius 2 is 1.95 bits per heavy atom. The maximum Gasteiger partial charge on any atom is 0.243 e. The molecule has 1 atom stereocenters. The maximum atomic E-state index is 12.9. The lowest BCUT2D eigenvalue weighted by Gasteiger charge is -2.32. The highest BCUT2D eigenvalue weighted by Gasteiger charge is 2.32. The Hall–Kier alpha value is -1.07. The minimum absolute atomic E-state index is 0.0787. The second-order valence-electron chi connectivity index (χ2n) is 5.78. The van der Waals surface area contributed by atoms with E-state index in [4.69, 9.17) is 4.74 Å². The van der Waals surface area contributed by atoms with Gasteiger partial charge in [0.15, 0.2) is 0 Å². The zero-order chi connectivity index (χ0) is 15.6. The van der Waals surface area contributed by atoms with Crippen molar-refractivity contribution in [2.75, 3.05) is 13.2 Å². The monoisotopic (exact) mass is 311 g/mol. The van der Waals surface area contributed by atoms with Crippen molar-refractivity contribution in [3.63, 3.8) is 0 Å². The Kier molecular flexibility index (Phi) is 4.94. The van der Waals surface area contributed by atoms with Gasteiger partial charge in [0, 0.05) is 12.6 Å². The molecular weight excluding hydrogens is 286 g/mol. The first-order valence-electron chi connectivity index (χ1n) is 7.63. The van der Waals surface area contributed by atoms with E-state index in [0.717, 1.165) is 36.1 Å². The van der Waals surface area contributed by atoms with Crippen LogP contribution < -0.4 is 4.74 Å². The molecule has 0 bridgehead atoms. The summed E-state index contributed by atoms with van der Waals surface area (Å²) in [7, 11) is -3.42. The average Bonchev–Trinajstić information content (AvgIpc) is 2.43. The summed E-state index contributed by atoms with van der Waals surface area (Å²) >= 11 is 0. The van der Waals surface area contributed by atoms with E-state index >= 15 is 0 Å². The first-order chi connectivity index (χ1) is 9.87. The van der Waals surface area contributed by atoms with Crippen LogP contribution in [0.4, 0.5) is 0 Å². The second-order valence-corrected chi connectivity index (χ2v) is 7.64.